The van der Waals surface area contributed by atoms with Gasteiger partial charge in [0.2, 0.25) is 5.95 Å². The molecule has 6 heteroatoms. The van der Waals surface area contributed by atoms with Crippen molar-refractivity contribution >= 4 is 21.9 Å². The SMILES string of the molecule is CN(C)c1nnc(Br)c(=O)[nH]1. The van der Waals surface area contributed by atoms with E-state index >= 15 is 0 Å². The quantitative estimate of drug-likeness (QED) is 0.721. The maximum Gasteiger partial charge on any atom is 0.285 e. The monoisotopic (exact) mass is 218 g/mol. The third-order valence-corrected chi connectivity index (χ3v) is 1.59. The number of aromatic nitrogens is 3. The first-order valence-electron chi connectivity index (χ1n) is 2.91. The first kappa shape index (κ1) is 8.19. The molecule has 5 nitrogen and oxygen atoms in total. The van der Waals surface area contributed by atoms with Gasteiger partial charge in [-0.3, -0.25) is 9.78 Å². The highest BCUT2D eigenvalue weighted by Crippen LogP contribution is 1.98. The summed E-state index contributed by atoms with van der Waals surface area (Å²) in [5.41, 5.74) is -0.274. The molecule has 1 heterocycles. The highest BCUT2D eigenvalue weighted by molar-refractivity contribution is 9.10. The molecule has 1 N–H and O–H groups in total. The molecule has 0 atom stereocenters. The van der Waals surface area contributed by atoms with E-state index in [9.17, 15) is 4.79 Å². The largest absolute Gasteiger partial charge is 0.347 e. The normalized spacial score (nSPS) is 9.73. The molecule has 0 fully saturated rings. The van der Waals surface area contributed by atoms with Crippen LogP contribution in [0.4, 0.5) is 5.95 Å². The second-order valence-corrected chi connectivity index (χ2v) is 2.91. The van der Waals surface area contributed by atoms with Gasteiger partial charge in [0.1, 0.15) is 0 Å². The van der Waals surface area contributed by atoms with Crippen LogP contribution in [0, 0.1) is 0 Å². The lowest BCUT2D eigenvalue weighted by atomic mass is 10.8. The zero-order chi connectivity index (χ0) is 8.43. The Hall–Kier alpha value is -0.910. The maximum atomic E-state index is 10.9. The van der Waals surface area contributed by atoms with E-state index in [1.54, 1.807) is 19.0 Å². The third-order valence-electron chi connectivity index (χ3n) is 1.07. The topological polar surface area (TPSA) is 61.9 Å². The molecule has 1 rings (SSSR count). The van der Waals surface area contributed by atoms with Crippen molar-refractivity contribution in [2.24, 2.45) is 0 Å². The van der Waals surface area contributed by atoms with E-state index in [4.69, 9.17) is 0 Å². The number of aromatic amines is 1. The van der Waals surface area contributed by atoms with E-state index in [2.05, 4.69) is 31.1 Å². The van der Waals surface area contributed by atoms with Gasteiger partial charge >= 0.3 is 0 Å². The van der Waals surface area contributed by atoms with Crippen LogP contribution in [-0.2, 0) is 0 Å². The van der Waals surface area contributed by atoms with Gasteiger partial charge in [-0.2, -0.15) is 0 Å². The summed E-state index contributed by atoms with van der Waals surface area (Å²) in [6.07, 6.45) is 0. The second kappa shape index (κ2) is 3.00. The predicted octanol–water partition coefficient (Wildman–Crippen LogP) is -0.00660. The molecule has 0 spiro atoms. The zero-order valence-electron chi connectivity index (χ0n) is 6.13. The number of hydrogen-bond donors (Lipinski definition) is 1. The standard InChI is InChI=1S/C5H7BrN4O/c1-10(2)5-7-4(11)3(6)8-9-5/h1-2H3,(H,7,9,11). The van der Waals surface area contributed by atoms with Crippen molar-refractivity contribution in [3.05, 3.63) is 15.0 Å². The molecule has 1 aromatic rings. The van der Waals surface area contributed by atoms with Gasteiger partial charge in [0, 0.05) is 14.1 Å². The Morgan fingerprint density at radius 1 is 1.45 bits per heavy atom. The van der Waals surface area contributed by atoms with Crippen molar-refractivity contribution in [1.29, 1.82) is 0 Å². The average molecular weight is 219 g/mol. The summed E-state index contributed by atoms with van der Waals surface area (Å²) in [7, 11) is 3.54. The van der Waals surface area contributed by atoms with E-state index in [-0.39, 0.29) is 10.2 Å². The number of rotatable bonds is 1. The first-order valence-corrected chi connectivity index (χ1v) is 3.70. The van der Waals surface area contributed by atoms with Gasteiger partial charge in [-0.05, 0) is 15.9 Å². The highest BCUT2D eigenvalue weighted by atomic mass is 79.9. The van der Waals surface area contributed by atoms with Crippen molar-refractivity contribution in [1.82, 2.24) is 15.2 Å². The fourth-order valence-electron chi connectivity index (χ4n) is 0.516. The van der Waals surface area contributed by atoms with E-state index in [0.29, 0.717) is 5.95 Å². The minimum absolute atomic E-state index is 0.197. The zero-order valence-corrected chi connectivity index (χ0v) is 7.71. The van der Waals surface area contributed by atoms with Crippen molar-refractivity contribution in [3.8, 4) is 0 Å². The number of H-pyrrole nitrogens is 1. The van der Waals surface area contributed by atoms with Gasteiger partial charge in [-0.1, -0.05) is 0 Å². The Labute approximate surface area is 71.6 Å². The fraction of sp³-hybridized carbons (Fsp3) is 0.400. The van der Waals surface area contributed by atoms with Gasteiger partial charge in [-0.25, -0.2) is 0 Å². The molecule has 0 radical (unpaired) electrons. The third kappa shape index (κ3) is 1.76. The fourth-order valence-corrected chi connectivity index (χ4v) is 0.694. The molecule has 0 aliphatic heterocycles. The van der Waals surface area contributed by atoms with Crippen LogP contribution in [-0.4, -0.2) is 29.3 Å². The predicted molar refractivity (Wildman–Crippen MR) is 44.7 cm³/mol. The van der Waals surface area contributed by atoms with Crippen molar-refractivity contribution in [2.75, 3.05) is 19.0 Å². The second-order valence-electron chi connectivity index (χ2n) is 2.16. The molecule has 1 aromatic heterocycles. The number of anilines is 1. The summed E-state index contributed by atoms with van der Waals surface area (Å²) >= 11 is 2.94. The van der Waals surface area contributed by atoms with Gasteiger partial charge < -0.3 is 4.90 Å². The van der Waals surface area contributed by atoms with E-state index in [1.807, 2.05) is 0 Å². The van der Waals surface area contributed by atoms with Gasteiger partial charge in [0.15, 0.2) is 4.60 Å². The summed E-state index contributed by atoms with van der Waals surface area (Å²) in [6.45, 7) is 0. The number of nitrogens with one attached hydrogen (secondary N) is 1. The average Bonchev–Trinajstić information content (AvgIpc) is 1.94. The van der Waals surface area contributed by atoms with Crippen LogP contribution in [0.3, 0.4) is 0 Å². The summed E-state index contributed by atoms with van der Waals surface area (Å²) in [5.74, 6) is 0.443. The van der Waals surface area contributed by atoms with Crippen LogP contribution in [0.15, 0.2) is 9.40 Å². The van der Waals surface area contributed by atoms with Gasteiger partial charge in [0.05, 0.1) is 0 Å². The molecule has 0 saturated carbocycles. The van der Waals surface area contributed by atoms with Crippen LogP contribution in [0.1, 0.15) is 0 Å². The highest BCUT2D eigenvalue weighted by Gasteiger charge is 2.01. The van der Waals surface area contributed by atoms with E-state index < -0.39 is 0 Å². The summed E-state index contributed by atoms with van der Waals surface area (Å²) < 4.78 is 0.197. The Morgan fingerprint density at radius 2 is 2.09 bits per heavy atom. The number of halogens is 1. The summed E-state index contributed by atoms with van der Waals surface area (Å²) in [5, 5.41) is 7.29. The van der Waals surface area contributed by atoms with Crippen LogP contribution >= 0.6 is 15.9 Å². The van der Waals surface area contributed by atoms with Gasteiger partial charge in [0.25, 0.3) is 5.56 Å². The lowest BCUT2D eigenvalue weighted by Crippen LogP contribution is -2.20. The Balaban J connectivity index is 3.16. The lowest BCUT2D eigenvalue weighted by Gasteiger charge is -2.07. The van der Waals surface area contributed by atoms with Crippen LogP contribution < -0.4 is 10.5 Å². The van der Waals surface area contributed by atoms with Crippen molar-refractivity contribution in [2.45, 2.75) is 0 Å². The Bertz CT molecular complexity index is 308. The molecule has 0 amide bonds. The number of nitrogens with zero attached hydrogens (tertiary/aromatic N) is 3. The Morgan fingerprint density at radius 3 is 2.55 bits per heavy atom. The van der Waals surface area contributed by atoms with E-state index in [1.165, 1.54) is 0 Å². The lowest BCUT2D eigenvalue weighted by molar-refractivity contribution is 0.872. The molecule has 0 aliphatic rings. The van der Waals surface area contributed by atoms with Crippen molar-refractivity contribution < 1.29 is 0 Å². The minimum Gasteiger partial charge on any atom is -0.347 e. The smallest absolute Gasteiger partial charge is 0.285 e. The first-order chi connectivity index (χ1) is 5.11. The molecule has 0 aliphatic carbocycles. The number of hydrogen-bond acceptors (Lipinski definition) is 4. The molecule has 60 valence electrons. The minimum atomic E-state index is -0.274. The van der Waals surface area contributed by atoms with Crippen LogP contribution in [0.2, 0.25) is 0 Å². The molecular weight excluding hydrogens is 212 g/mol. The molecule has 0 bridgehead atoms. The van der Waals surface area contributed by atoms with Crippen LogP contribution in [0.25, 0.3) is 0 Å². The molecular formula is C5H7BrN4O. The summed E-state index contributed by atoms with van der Waals surface area (Å²) in [4.78, 5) is 15.1. The Kier molecular flexibility index (Phi) is 2.23. The van der Waals surface area contributed by atoms with Crippen molar-refractivity contribution in [3.63, 3.8) is 0 Å². The maximum absolute atomic E-state index is 10.9. The van der Waals surface area contributed by atoms with E-state index in [0.717, 1.165) is 0 Å². The summed E-state index contributed by atoms with van der Waals surface area (Å²) in [6, 6.07) is 0. The van der Waals surface area contributed by atoms with Crippen LogP contribution in [0.5, 0.6) is 0 Å². The molecule has 0 aromatic carbocycles. The van der Waals surface area contributed by atoms with Gasteiger partial charge in [-0.15, -0.1) is 10.2 Å². The molecule has 0 saturated heterocycles. The molecule has 11 heavy (non-hydrogen) atoms. The molecule has 0 unspecified atom stereocenters.